The van der Waals surface area contributed by atoms with Crippen LogP contribution in [0.1, 0.15) is 18.7 Å². The first-order valence-electron chi connectivity index (χ1n) is 5.31. The minimum atomic E-state index is 0.390. The van der Waals surface area contributed by atoms with Gasteiger partial charge in [0.1, 0.15) is 18.2 Å². The molecule has 1 aromatic rings. The van der Waals surface area contributed by atoms with Gasteiger partial charge in [0, 0.05) is 26.3 Å². The maximum absolute atomic E-state index is 5.38. The summed E-state index contributed by atoms with van der Waals surface area (Å²) in [6.07, 6.45) is 2.46. The number of nitrogens with zero attached hydrogens (tertiary/aromatic N) is 3. The summed E-state index contributed by atoms with van der Waals surface area (Å²) in [5, 5.41) is 0. The maximum Gasteiger partial charge on any atom is 0.158 e. The Balaban J connectivity index is 2.24. The number of aromatic nitrogens is 2. The Bertz CT molecular complexity index is 366. The first-order chi connectivity index (χ1) is 7.74. The van der Waals surface area contributed by atoms with E-state index in [0.717, 1.165) is 5.82 Å². The number of methoxy groups -OCH3 is 1. The standard InChI is InChI=1S/C10H17N5O/c1-15(7-3-4-7)10-5-8(14-11)12-9(13-10)6-16-2/h5,7H,3-4,6,11H2,1-2H3,(H,12,13,14). The molecule has 0 bridgehead atoms. The summed E-state index contributed by atoms with van der Waals surface area (Å²) in [6.45, 7) is 0.390. The molecule has 0 aromatic carbocycles. The first-order valence-corrected chi connectivity index (χ1v) is 5.31. The lowest BCUT2D eigenvalue weighted by molar-refractivity contribution is 0.178. The molecule has 0 atom stereocenters. The van der Waals surface area contributed by atoms with E-state index in [-0.39, 0.29) is 0 Å². The van der Waals surface area contributed by atoms with Crippen LogP contribution in [-0.2, 0) is 11.3 Å². The number of nitrogen functional groups attached to an aromatic ring is 1. The predicted octanol–water partition coefficient (Wildman–Crippen LogP) is 0.507. The summed E-state index contributed by atoms with van der Waals surface area (Å²) in [7, 11) is 3.66. The summed E-state index contributed by atoms with van der Waals surface area (Å²) >= 11 is 0. The minimum Gasteiger partial charge on any atom is -0.377 e. The zero-order chi connectivity index (χ0) is 11.5. The molecule has 1 aliphatic rings. The molecular weight excluding hydrogens is 206 g/mol. The number of nitrogens with one attached hydrogen (secondary N) is 1. The molecule has 1 fully saturated rings. The van der Waals surface area contributed by atoms with Gasteiger partial charge in [0.15, 0.2) is 5.82 Å². The molecular formula is C10H17N5O. The van der Waals surface area contributed by atoms with Crippen molar-refractivity contribution in [3.63, 3.8) is 0 Å². The molecule has 0 spiro atoms. The minimum absolute atomic E-state index is 0.390. The van der Waals surface area contributed by atoms with Crippen LogP contribution in [0.3, 0.4) is 0 Å². The lowest BCUT2D eigenvalue weighted by Crippen LogP contribution is -2.22. The van der Waals surface area contributed by atoms with Crippen LogP contribution >= 0.6 is 0 Å². The van der Waals surface area contributed by atoms with Crippen LogP contribution in [0.4, 0.5) is 11.6 Å². The van der Waals surface area contributed by atoms with Gasteiger partial charge in [0.25, 0.3) is 0 Å². The van der Waals surface area contributed by atoms with E-state index in [1.807, 2.05) is 13.1 Å². The average Bonchev–Trinajstić information content (AvgIpc) is 3.12. The molecule has 1 aliphatic carbocycles. The normalized spacial score (nSPS) is 14.9. The van der Waals surface area contributed by atoms with Crippen molar-refractivity contribution in [1.29, 1.82) is 0 Å². The largest absolute Gasteiger partial charge is 0.377 e. The molecule has 1 heterocycles. The topological polar surface area (TPSA) is 76.3 Å². The van der Waals surface area contributed by atoms with Crippen molar-refractivity contribution in [1.82, 2.24) is 9.97 Å². The smallest absolute Gasteiger partial charge is 0.158 e. The van der Waals surface area contributed by atoms with Gasteiger partial charge in [-0.05, 0) is 12.8 Å². The average molecular weight is 223 g/mol. The number of anilines is 2. The van der Waals surface area contributed by atoms with Crippen molar-refractivity contribution < 1.29 is 4.74 Å². The summed E-state index contributed by atoms with van der Waals surface area (Å²) in [6, 6.07) is 2.45. The van der Waals surface area contributed by atoms with Crippen molar-refractivity contribution >= 4 is 11.6 Å². The van der Waals surface area contributed by atoms with Gasteiger partial charge in [-0.1, -0.05) is 0 Å². The van der Waals surface area contributed by atoms with E-state index in [9.17, 15) is 0 Å². The molecule has 0 amide bonds. The second kappa shape index (κ2) is 4.63. The highest BCUT2D eigenvalue weighted by atomic mass is 16.5. The number of nitrogens with two attached hydrogens (primary N) is 1. The van der Waals surface area contributed by atoms with Gasteiger partial charge >= 0.3 is 0 Å². The summed E-state index contributed by atoms with van der Waals surface area (Å²) < 4.78 is 5.03. The van der Waals surface area contributed by atoms with E-state index in [4.69, 9.17) is 10.6 Å². The Hall–Kier alpha value is -1.40. The molecule has 0 unspecified atom stereocenters. The second-order valence-corrected chi connectivity index (χ2v) is 3.95. The van der Waals surface area contributed by atoms with Crippen LogP contribution in [0.5, 0.6) is 0 Å². The van der Waals surface area contributed by atoms with Gasteiger partial charge in [-0.15, -0.1) is 0 Å². The number of ether oxygens (including phenoxy) is 1. The highest BCUT2D eigenvalue weighted by Crippen LogP contribution is 2.29. The van der Waals surface area contributed by atoms with Gasteiger partial charge in [-0.25, -0.2) is 15.8 Å². The van der Waals surface area contributed by atoms with Gasteiger partial charge in [-0.2, -0.15) is 0 Å². The molecule has 6 heteroatoms. The van der Waals surface area contributed by atoms with Gasteiger partial charge in [-0.3, -0.25) is 0 Å². The van der Waals surface area contributed by atoms with E-state index in [1.54, 1.807) is 7.11 Å². The first kappa shape index (κ1) is 11.1. The fourth-order valence-electron chi connectivity index (χ4n) is 1.58. The van der Waals surface area contributed by atoms with E-state index in [2.05, 4.69) is 20.3 Å². The third kappa shape index (κ3) is 2.40. The van der Waals surface area contributed by atoms with E-state index >= 15 is 0 Å². The van der Waals surface area contributed by atoms with Gasteiger partial charge < -0.3 is 15.1 Å². The predicted molar refractivity (Wildman–Crippen MR) is 62.0 cm³/mol. The molecule has 1 aromatic heterocycles. The maximum atomic E-state index is 5.38. The number of hydrogen-bond acceptors (Lipinski definition) is 6. The highest BCUT2D eigenvalue weighted by molar-refractivity contribution is 5.49. The van der Waals surface area contributed by atoms with Crippen molar-refractivity contribution in [2.75, 3.05) is 24.5 Å². The third-order valence-electron chi connectivity index (χ3n) is 2.64. The van der Waals surface area contributed by atoms with Crippen molar-refractivity contribution in [2.45, 2.75) is 25.5 Å². The van der Waals surface area contributed by atoms with Crippen LogP contribution in [0.25, 0.3) is 0 Å². The Morgan fingerprint density at radius 1 is 1.56 bits per heavy atom. The summed E-state index contributed by atoms with van der Waals surface area (Å²) in [5.41, 5.74) is 2.55. The van der Waals surface area contributed by atoms with E-state index in [1.165, 1.54) is 12.8 Å². The molecule has 0 radical (unpaired) electrons. The van der Waals surface area contributed by atoms with E-state index in [0.29, 0.717) is 24.3 Å². The summed E-state index contributed by atoms with van der Waals surface area (Å²) in [5.74, 6) is 7.52. The fourth-order valence-corrected chi connectivity index (χ4v) is 1.58. The number of rotatable bonds is 5. The zero-order valence-electron chi connectivity index (χ0n) is 9.60. The molecule has 3 N–H and O–H groups in total. The lowest BCUT2D eigenvalue weighted by atomic mass is 10.4. The summed E-state index contributed by atoms with van der Waals surface area (Å²) in [4.78, 5) is 10.8. The SMILES string of the molecule is COCc1nc(NN)cc(N(C)C2CC2)n1. The lowest BCUT2D eigenvalue weighted by Gasteiger charge is -2.18. The monoisotopic (exact) mass is 223 g/mol. The Labute approximate surface area is 94.8 Å². The van der Waals surface area contributed by atoms with E-state index < -0.39 is 0 Å². The Morgan fingerprint density at radius 3 is 2.88 bits per heavy atom. The molecule has 0 saturated heterocycles. The van der Waals surface area contributed by atoms with Crippen LogP contribution in [0.15, 0.2) is 6.07 Å². The quantitative estimate of drug-likeness (QED) is 0.559. The molecule has 0 aliphatic heterocycles. The third-order valence-corrected chi connectivity index (χ3v) is 2.64. The van der Waals surface area contributed by atoms with Crippen molar-refractivity contribution in [3.8, 4) is 0 Å². The van der Waals surface area contributed by atoms with Crippen molar-refractivity contribution in [2.24, 2.45) is 5.84 Å². The molecule has 6 nitrogen and oxygen atoms in total. The van der Waals surface area contributed by atoms with Gasteiger partial charge in [0.05, 0.1) is 0 Å². The zero-order valence-corrected chi connectivity index (χ0v) is 9.60. The molecule has 1 saturated carbocycles. The highest BCUT2D eigenvalue weighted by Gasteiger charge is 2.27. The fraction of sp³-hybridized carbons (Fsp3) is 0.600. The van der Waals surface area contributed by atoms with Crippen molar-refractivity contribution in [3.05, 3.63) is 11.9 Å². The molecule has 88 valence electrons. The van der Waals surface area contributed by atoms with Crippen LogP contribution in [0, 0.1) is 0 Å². The number of hydrogen-bond donors (Lipinski definition) is 2. The second-order valence-electron chi connectivity index (χ2n) is 3.95. The Morgan fingerprint density at radius 2 is 2.31 bits per heavy atom. The molecule has 2 rings (SSSR count). The van der Waals surface area contributed by atoms with Crippen LogP contribution < -0.4 is 16.2 Å². The molecule has 16 heavy (non-hydrogen) atoms. The Kier molecular flexibility index (Phi) is 3.21. The number of hydrazine groups is 1. The van der Waals surface area contributed by atoms with Crippen LogP contribution in [-0.4, -0.2) is 30.2 Å². The van der Waals surface area contributed by atoms with Crippen LogP contribution in [0.2, 0.25) is 0 Å². The van der Waals surface area contributed by atoms with Gasteiger partial charge in [0.2, 0.25) is 0 Å².